The average Bonchev–Trinajstić information content (AvgIpc) is 2.77. The van der Waals surface area contributed by atoms with Gasteiger partial charge in [-0.3, -0.25) is 9.10 Å². The Labute approximate surface area is 191 Å². The van der Waals surface area contributed by atoms with Gasteiger partial charge in [-0.05, 0) is 48.6 Å². The molecule has 3 rings (SSSR count). The highest BCUT2D eigenvalue weighted by atomic mass is 32.2. The Morgan fingerprint density at radius 1 is 0.906 bits per heavy atom. The van der Waals surface area contributed by atoms with Gasteiger partial charge in [-0.15, -0.1) is 0 Å². The molecule has 0 spiro atoms. The summed E-state index contributed by atoms with van der Waals surface area (Å²) in [5, 5.41) is 3.12. The molecule has 0 aromatic heterocycles. The van der Waals surface area contributed by atoms with Gasteiger partial charge in [0.05, 0.1) is 18.0 Å². The molecular formula is C26H30N2O3S. The van der Waals surface area contributed by atoms with E-state index in [4.69, 9.17) is 0 Å². The summed E-state index contributed by atoms with van der Waals surface area (Å²) in [7, 11) is -3.46. The fraction of sp³-hybridized carbons (Fsp3) is 0.269. The van der Waals surface area contributed by atoms with E-state index < -0.39 is 10.0 Å². The second kappa shape index (κ2) is 10.5. The number of hydrogen-bond acceptors (Lipinski definition) is 3. The van der Waals surface area contributed by atoms with Gasteiger partial charge in [-0.2, -0.15) is 0 Å². The highest BCUT2D eigenvalue weighted by Crippen LogP contribution is 2.25. The van der Waals surface area contributed by atoms with Crippen LogP contribution < -0.4 is 9.62 Å². The number of nitrogens with one attached hydrogen (secondary N) is 1. The molecule has 3 aromatic carbocycles. The maximum atomic E-state index is 12.8. The Bertz CT molecular complexity index is 1110. The Morgan fingerprint density at radius 3 is 2.00 bits per heavy atom. The molecule has 168 valence electrons. The molecule has 0 saturated carbocycles. The minimum atomic E-state index is -3.46. The van der Waals surface area contributed by atoms with Crippen molar-refractivity contribution in [2.75, 3.05) is 17.1 Å². The summed E-state index contributed by atoms with van der Waals surface area (Å²) >= 11 is 0. The van der Waals surface area contributed by atoms with E-state index in [-0.39, 0.29) is 24.9 Å². The Morgan fingerprint density at radius 2 is 1.47 bits per heavy atom. The van der Waals surface area contributed by atoms with E-state index in [2.05, 4.69) is 5.32 Å². The number of benzene rings is 3. The van der Waals surface area contributed by atoms with Gasteiger partial charge in [-0.25, -0.2) is 8.42 Å². The van der Waals surface area contributed by atoms with E-state index in [1.54, 1.807) is 0 Å². The number of rotatable bonds is 9. The summed E-state index contributed by atoms with van der Waals surface area (Å²) in [6.45, 7) is 4.08. The number of aryl methyl sites for hydroxylation is 2. The Balaban J connectivity index is 1.70. The van der Waals surface area contributed by atoms with Gasteiger partial charge in [0.2, 0.25) is 15.9 Å². The highest BCUT2D eigenvalue weighted by Gasteiger charge is 2.21. The average molecular weight is 451 g/mol. The minimum absolute atomic E-state index is 0.114. The maximum Gasteiger partial charge on any atom is 0.232 e. The van der Waals surface area contributed by atoms with Crippen LogP contribution in [-0.2, 0) is 14.8 Å². The van der Waals surface area contributed by atoms with E-state index in [1.807, 2.05) is 92.7 Å². The first-order valence-corrected chi connectivity index (χ1v) is 12.5. The van der Waals surface area contributed by atoms with Gasteiger partial charge in [0.1, 0.15) is 0 Å². The molecule has 6 heteroatoms. The van der Waals surface area contributed by atoms with E-state index in [0.717, 1.165) is 22.3 Å². The maximum absolute atomic E-state index is 12.8. The molecule has 1 N–H and O–H groups in total. The summed E-state index contributed by atoms with van der Waals surface area (Å²) in [6, 6.07) is 25.1. The third-order valence-electron chi connectivity index (χ3n) is 5.37. The van der Waals surface area contributed by atoms with Crippen LogP contribution in [0, 0.1) is 13.8 Å². The van der Waals surface area contributed by atoms with Crippen LogP contribution in [0.15, 0.2) is 78.9 Å². The number of sulfonamides is 1. The van der Waals surface area contributed by atoms with Crippen LogP contribution in [0.2, 0.25) is 0 Å². The minimum Gasteiger partial charge on any atom is -0.345 e. The lowest BCUT2D eigenvalue weighted by atomic mass is 9.98. The molecule has 5 nitrogen and oxygen atoms in total. The van der Waals surface area contributed by atoms with Gasteiger partial charge < -0.3 is 5.32 Å². The highest BCUT2D eigenvalue weighted by molar-refractivity contribution is 7.92. The first-order valence-electron chi connectivity index (χ1n) is 10.7. The molecule has 0 fully saturated rings. The lowest BCUT2D eigenvalue weighted by Gasteiger charge is -2.25. The van der Waals surface area contributed by atoms with Crippen molar-refractivity contribution in [1.82, 2.24) is 5.32 Å². The second-order valence-corrected chi connectivity index (χ2v) is 9.96. The van der Waals surface area contributed by atoms with Gasteiger partial charge in [0.15, 0.2) is 0 Å². The first-order chi connectivity index (χ1) is 15.3. The zero-order valence-corrected chi connectivity index (χ0v) is 19.6. The van der Waals surface area contributed by atoms with E-state index in [9.17, 15) is 13.2 Å². The molecule has 0 bridgehead atoms. The Kier molecular flexibility index (Phi) is 7.70. The van der Waals surface area contributed by atoms with Gasteiger partial charge in [0, 0.05) is 13.0 Å². The fourth-order valence-electron chi connectivity index (χ4n) is 3.72. The van der Waals surface area contributed by atoms with Crippen LogP contribution in [-0.4, -0.2) is 27.1 Å². The van der Waals surface area contributed by atoms with Crippen LogP contribution in [0.25, 0.3) is 0 Å². The molecule has 0 radical (unpaired) electrons. The van der Waals surface area contributed by atoms with Crippen LogP contribution in [0.5, 0.6) is 0 Å². The summed E-state index contributed by atoms with van der Waals surface area (Å²) in [6.07, 6.45) is 1.85. The first kappa shape index (κ1) is 23.5. The van der Waals surface area contributed by atoms with Gasteiger partial charge in [0.25, 0.3) is 0 Å². The van der Waals surface area contributed by atoms with E-state index in [0.29, 0.717) is 12.1 Å². The quantitative estimate of drug-likeness (QED) is 0.511. The van der Waals surface area contributed by atoms with Crippen molar-refractivity contribution in [3.8, 4) is 0 Å². The van der Waals surface area contributed by atoms with Crippen LogP contribution >= 0.6 is 0 Å². The van der Waals surface area contributed by atoms with Crippen molar-refractivity contribution in [2.45, 2.75) is 32.7 Å². The topological polar surface area (TPSA) is 66.5 Å². The predicted octanol–water partition coefficient (Wildman–Crippen LogP) is 4.76. The van der Waals surface area contributed by atoms with Crippen LogP contribution in [0.1, 0.15) is 41.1 Å². The predicted molar refractivity (Wildman–Crippen MR) is 130 cm³/mol. The number of carbonyl (C=O) groups excluding carboxylic acids is 1. The standard InChI is InChI=1S/C26H30N2O3S/c1-20-16-17-21(2)24(19-20)28(32(3,30)31)18-10-15-25(29)27-26(22-11-6-4-7-12-22)23-13-8-5-9-14-23/h4-9,11-14,16-17,19,26H,10,15,18H2,1-3H3,(H,27,29). The number of nitrogens with zero attached hydrogens (tertiary/aromatic N) is 1. The van der Waals surface area contributed by atoms with Crippen molar-refractivity contribution in [3.63, 3.8) is 0 Å². The summed E-state index contributed by atoms with van der Waals surface area (Å²) in [5.41, 5.74) is 4.55. The Hall–Kier alpha value is -3.12. The summed E-state index contributed by atoms with van der Waals surface area (Å²) in [4.78, 5) is 12.8. The lowest BCUT2D eigenvalue weighted by molar-refractivity contribution is -0.121. The van der Waals surface area contributed by atoms with Crippen LogP contribution in [0.4, 0.5) is 5.69 Å². The summed E-state index contributed by atoms with van der Waals surface area (Å²) < 4.78 is 26.3. The monoisotopic (exact) mass is 450 g/mol. The molecule has 0 atom stereocenters. The SMILES string of the molecule is Cc1ccc(C)c(N(CCCC(=O)NC(c2ccccc2)c2ccccc2)S(C)(=O)=O)c1. The fourth-order valence-corrected chi connectivity index (χ4v) is 4.73. The molecule has 32 heavy (non-hydrogen) atoms. The van der Waals surface area contributed by atoms with E-state index in [1.165, 1.54) is 10.6 Å². The molecule has 0 saturated heterocycles. The molecule has 0 aliphatic heterocycles. The molecule has 0 unspecified atom stereocenters. The van der Waals surface area contributed by atoms with Crippen molar-refractivity contribution in [2.24, 2.45) is 0 Å². The smallest absolute Gasteiger partial charge is 0.232 e. The third kappa shape index (κ3) is 6.20. The van der Waals surface area contributed by atoms with Crippen molar-refractivity contribution < 1.29 is 13.2 Å². The largest absolute Gasteiger partial charge is 0.345 e. The lowest BCUT2D eigenvalue weighted by Crippen LogP contribution is -2.33. The molecule has 0 aliphatic carbocycles. The van der Waals surface area contributed by atoms with Gasteiger partial charge in [-0.1, -0.05) is 72.8 Å². The number of anilines is 1. The van der Waals surface area contributed by atoms with Crippen molar-refractivity contribution >= 4 is 21.6 Å². The zero-order valence-electron chi connectivity index (χ0n) is 18.8. The van der Waals surface area contributed by atoms with E-state index >= 15 is 0 Å². The second-order valence-electron chi connectivity index (χ2n) is 8.05. The molecule has 0 heterocycles. The molecule has 0 aliphatic rings. The number of hydrogen-bond donors (Lipinski definition) is 1. The molecule has 3 aromatic rings. The zero-order chi connectivity index (χ0) is 23.1. The molecule has 1 amide bonds. The normalized spacial score (nSPS) is 11.4. The van der Waals surface area contributed by atoms with Gasteiger partial charge >= 0.3 is 0 Å². The van der Waals surface area contributed by atoms with Crippen molar-refractivity contribution in [3.05, 3.63) is 101 Å². The third-order valence-corrected chi connectivity index (χ3v) is 6.55. The summed E-state index contributed by atoms with van der Waals surface area (Å²) in [5.74, 6) is -0.114. The number of carbonyl (C=O) groups is 1. The van der Waals surface area contributed by atoms with Crippen LogP contribution in [0.3, 0.4) is 0 Å². The van der Waals surface area contributed by atoms with Crippen molar-refractivity contribution in [1.29, 1.82) is 0 Å². The number of amides is 1. The molecular weight excluding hydrogens is 420 g/mol.